The number of amides is 2. The molecule has 2 heterocycles. The van der Waals surface area contributed by atoms with E-state index in [9.17, 15) is 14.0 Å². The molecule has 0 bridgehead atoms. The molecule has 1 aliphatic heterocycles. The Morgan fingerprint density at radius 3 is 2.84 bits per heavy atom. The van der Waals surface area contributed by atoms with Gasteiger partial charge in [0, 0.05) is 13.0 Å². The van der Waals surface area contributed by atoms with Gasteiger partial charge in [0.1, 0.15) is 23.9 Å². The minimum atomic E-state index is -0.367. The number of furan rings is 1. The normalized spacial score (nSPS) is 16.9. The molecule has 1 saturated heterocycles. The Balaban J connectivity index is 1.39. The van der Waals surface area contributed by atoms with E-state index in [-0.39, 0.29) is 36.6 Å². The van der Waals surface area contributed by atoms with Crippen LogP contribution in [0.25, 0.3) is 0 Å². The third-order valence-corrected chi connectivity index (χ3v) is 4.00. The van der Waals surface area contributed by atoms with Crippen LogP contribution in [0.5, 0.6) is 5.75 Å². The van der Waals surface area contributed by atoms with E-state index in [0.717, 1.165) is 0 Å². The molecule has 25 heavy (non-hydrogen) atoms. The molecule has 1 fully saturated rings. The Labute approximate surface area is 144 Å². The second-order valence-electron chi connectivity index (χ2n) is 5.85. The maximum atomic E-state index is 12.8. The Hall–Kier alpha value is -2.83. The molecule has 0 aliphatic carbocycles. The lowest BCUT2D eigenvalue weighted by Crippen LogP contribution is -2.35. The quantitative estimate of drug-likeness (QED) is 0.778. The van der Waals surface area contributed by atoms with E-state index >= 15 is 0 Å². The summed E-state index contributed by atoms with van der Waals surface area (Å²) >= 11 is 0. The number of hydrogen-bond acceptors (Lipinski definition) is 4. The Bertz CT molecular complexity index is 715. The van der Waals surface area contributed by atoms with E-state index < -0.39 is 0 Å². The van der Waals surface area contributed by atoms with Gasteiger partial charge in [-0.2, -0.15) is 0 Å². The first kappa shape index (κ1) is 17.0. The highest BCUT2D eigenvalue weighted by atomic mass is 19.1. The molecule has 0 unspecified atom stereocenters. The number of nitrogens with one attached hydrogen (secondary N) is 1. The van der Waals surface area contributed by atoms with Gasteiger partial charge in [-0.05, 0) is 36.4 Å². The van der Waals surface area contributed by atoms with Crippen molar-refractivity contribution < 1.29 is 23.1 Å². The molecule has 0 spiro atoms. The summed E-state index contributed by atoms with van der Waals surface area (Å²) in [6, 6.07) is 9.24. The van der Waals surface area contributed by atoms with Crippen LogP contribution in [0.2, 0.25) is 0 Å². The van der Waals surface area contributed by atoms with Crippen molar-refractivity contribution in [3.8, 4) is 5.75 Å². The SMILES string of the molecule is O=C(NCCOc1ccc(F)cc1)[C@H]1CC(=O)N(Cc2ccco2)C1. The van der Waals surface area contributed by atoms with Crippen LogP contribution in [0.1, 0.15) is 12.2 Å². The van der Waals surface area contributed by atoms with Crippen molar-refractivity contribution in [3.63, 3.8) is 0 Å². The minimum absolute atomic E-state index is 0.0564. The van der Waals surface area contributed by atoms with Gasteiger partial charge in [-0.15, -0.1) is 0 Å². The van der Waals surface area contributed by atoms with Gasteiger partial charge in [0.15, 0.2) is 0 Å². The van der Waals surface area contributed by atoms with Gasteiger partial charge < -0.3 is 19.4 Å². The minimum Gasteiger partial charge on any atom is -0.492 e. The summed E-state index contributed by atoms with van der Waals surface area (Å²) in [5.41, 5.74) is 0. The second kappa shape index (κ2) is 7.83. The lowest BCUT2D eigenvalue weighted by Gasteiger charge is -2.15. The molecule has 3 rings (SSSR count). The second-order valence-corrected chi connectivity index (χ2v) is 5.85. The van der Waals surface area contributed by atoms with E-state index in [1.54, 1.807) is 23.3 Å². The number of halogens is 1. The average Bonchev–Trinajstić information content (AvgIpc) is 3.24. The van der Waals surface area contributed by atoms with Crippen LogP contribution in [-0.4, -0.2) is 36.4 Å². The highest BCUT2D eigenvalue weighted by molar-refractivity contribution is 5.89. The summed E-state index contributed by atoms with van der Waals surface area (Å²) in [5, 5.41) is 2.77. The van der Waals surface area contributed by atoms with E-state index in [0.29, 0.717) is 31.1 Å². The zero-order valence-electron chi connectivity index (χ0n) is 13.6. The monoisotopic (exact) mass is 346 g/mol. The number of likely N-dealkylation sites (tertiary alicyclic amines) is 1. The first-order valence-corrected chi connectivity index (χ1v) is 8.08. The molecule has 1 atom stereocenters. The van der Waals surface area contributed by atoms with Crippen LogP contribution in [-0.2, 0) is 16.1 Å². The third kappa shape index (κ3) is 4.59. The molecule has 132 valence electrons. The van der Waals surface area contributed by atoms with Crippen molar-refractivity contribution in [3.05, 3.63) is 54.2 Å². The number of rotatable bonds is 7. The number of hydrogen-bond donors (Lipinski definition) is 1. The molecule has 1 N–H and O–H groups in total. The van der Waals surface area contributed by atoms with Crippen LogP contribution in [0.3, 0.4) is 0 Å². The fourth-order valence-corrected chi connectivity index (χ4v) is 2.71. The molecular formula is C18H19FN2O4. The first-order chi connectivity index (χ1) is 12.1. The number of ether oxygens (including phenoxy) is 1. The van der Waals surface area contributed by atoms with E-state index in [1.165, 1.54) is 24.3 Å². The summed E-state index contributed by atoms with van der Waals surface area (Å²) < 4.78 is 23.4. The smallest absolute Gasteiger partial charge is 0.225 e. The molecular weight excluding hydrogens is 327 g/mol. The fourth-order valence-electron chi connectivity index (χ4n) is 2.71. The molecule has 1 aliphatic rings. The van der Waals surface area contributed by atoms with Crippen molar-refractivity contribution in [2.45, 2.75) is 13.0 Å². The topological polar surface area (TPSA) is 71.8 Å². The predicted octanol–water partition coefficient (Wildman–Crippen LogP) is 1.96. The Kier molecular flexibility index (Phi) is 5.33. The summed E-state index contributed by atoms with van der Waals surface area (Å²) in [7, 11) is 0. The van der Waals surface area contributed by atoms with E-state index in [1.807, 2.05) is 0 Å². The van der Waals surface area contributed by atoms with Crippen LogP contribution < -0.4 is 10.1 Å². The lowest BCUT2D eigenvalue weighted by molar-refractivity contribution is -0.129. The van der Waals surface area contributed by atoms with Gasteiger partial charge in [-0.3, -0.25) is 9.59 Å². The molecule has 6 nitrogen and oxygen atoms in total. The van der Waals surface area contributed by atoms with Crippen molar-refractivity contribution in [1.82, 2.24) is 10.2 Å². The number of nitrogens with zero attached hydrogens (tertiary/aromatic N) is 1. The lowest BCUT2D eigenvalue weighted by atomic mass is 10.1. The maximum Gasteiger partial charge on any atom is 0.225 e. The summed E-state index contributed by atoms with van der Waals surface area (Å²) in [6.45, 7) is 1.35. The summed E-state index contributed by atoms with van der Waals surface area (Å²) in [6.07, 6.45) is 1.76. The van der Waals surface area contributed by atoms with E-state index in [2.05, 4.69) is 5.32 Å². The average molecular weight is 346 g/mol. The van der Waals surface area contributed by atoms with Crippen molar-refractivity contribution in [2.75, 3.05) is 19.7 Å². The van der Waals surface area contributed by atoms with Gasteiger partial charge in [0.2, 0.25) is 11.8 Å². The van der Waals surface area contributed by atoms with Gasteiger partial charge in [0.05, 0.1) is 25.3 Å². The Morgan fingerprint density at radius 1 is 1.32 bits per heavy atom. The number of benzene rings is 1. The van der Waals surface area contributed by atoms with Crippen LogP contribution in [0.15, 0.2) is 47.1 Å². The molecule has 0 radical (unpaired) electrons. The van der Waals surface area contributed by atoms with Crippen LogP contribution in [0.4, 0.5) is 4.39 Å². The van der Waals surface area contributed by atoms with Gasteiger partial charge in [-0.1, -0.05) is 0 Å². The van der Waals surface area contributed by atoms with Crippen molar-refractivity contribution in [2.24, 2.45) is 5.92 Å². The largest absolute Gasteiger partial charge is 0.492 e. The van der Waals surface area contributed by atoms with Crippen molar-refractivity contribution in [1.29, 1.82) is 0 Å². The summed E-state index contributed by atoms with van der Waals surface area (Å²) in [5.74, 6) is 0.314. The van der Waals surface area contributed by atoms with Gasteiger partial charge in [-0.25, -0.2) is 4.39 Å². The fraction of sp³-hybridized carbons (Fsp3) is 0.333. The van der Waals surface area contributed by atoms with Crippen molar-refractivity contribution >= 4 is 11.8 Å². The van der Waals surface area contributed by atoms with Crippen LogP contribution in [0, 0.1) is 11.7 Å². The Morgan fingerprint density at radius 2 is 2.12 bits per heavy atom. The maximum absolute atomic E-state index is 12.8. The summed E-state index contributed by atoms with van der Waals surface area (Å²) in [4.78, 5) is 25.8. The predicted molar refractivity (Wildman–Crippen MR) is 87.1 cm³/mol. The molecule has 1 aromatic heterocycles. The zero-order valence-corrected chi connectivity index (χ0v) is 13.6. The third-order valence-electron chi connectivity index (χ3n) is 4.00. The van der Waals surface area contributed by atoms with E-state index in [4.69, 9.17) is 9.15 Å². The zero-order chi connectivity index (χ0) is 17.6. The number of carbonyl (C=O) groups is 2. The highest BCUT2D eigenvalue weighted by Gasteiger charge is 2.34. The number of carbonyl (C=O) groups excluding carboxylic acids is 2. The molecule has 2 amide bonds. The van der Waals surface area contributed by atoms with Crippen LogP contribution >= 0.6 is 0 Å². The molecule has 0 saturated carbocycles. The molecule has 2 aromatic rings. The highest BCUT2D eigenvalue weighted by Crippen LogP contribution is 2.20. The first-order valence-electron chi connectivity index (χ1n) is 8.08. The molecule has 7 heteroatoms. The van der Waals surface area contributed by atoms with Gasteiger partial charge >= 0.3 is 0 Å². The molecule has 1 aromatic carbocycles. The standard InChI is InChI=1S/C18H19FN2O4/c19-14-3-5-15(6-4-14)25-9-7-20-18(23)13-10-17(22)21(11-13)12-16-2-1-8-24-16/h1-6,8,13H,7,9-12H2,(H,20,23)/t13-/m0/s1. The van der Waals surface area contributed by atoms with Gasteiger partial charge in [0.25, 0.3) is 0 Å².